The Morgan fingerprint density at radius 3 is 2.31 bits per heavy atom. The number of nitrogens with one attached hydrogen (secondary N) is 2. The number of likely N-dealkylation sites (tertiary alicyclic amines) is 1. The molecule has 3 aliphatic heterocycles. The van der Waals surface area contributed by atoms with Gasteiger partial charge in [-0.05, 0) is 36.1 Å². The number of thioether (sulfide) groups is 1. The van der Waals surface area contributed by atoms with Gasteiger partial charge in [-0.2, -0.15) is 0 Å². The van der Waals surface area contributed by atoms with Crippen molar-refractivity contribution in [2.45, 2.75) is 46.3 Å². The zero-order chi connectivity index (χ0) is 29.4. The summed E-state index contributed by atoms with van der Waals surface area (Å²) in [6.45, 7) is 0.0256. The molecule has 7 atom stereocenters. The number of carbonyl (C=O) groups excluding carboxylic acids is 3. The molecule has 218 valence electrons. The predicted octanol–water partition coefficient (Wildman–Crippen LogP) is 4.66. The molecule has 10 heteroatoms. The summed E-state index contributed by atoms with van der Waals surface area (Å²) >= 11 is 11.8. The summed E-state index contributed by atoms with van der Waals surface area (Å²) in [5.74, 6) is -2.16. The number of aliphatic hydroxyl groups is 1. The SMILES string of the molecule is O=C(Nc1ccccc1Cl)C1N([C@@H](CO)Cc2ccccc2)C(=O)[C@@H]2[C@@H](C(=O)NCc3ccccc3)[C@@H]3SC12CC3Br. The number of nitrogens with zero attached hydrogens (tertiary/aromatic N) is 1. The van der Waals surface area contributed by atoms with Crippen molar-refractivity contribution in [1.29, 1.82) is 0 Å². The first-order chi connectivity index (χ1) is 20.3. The van der Waals surface area contributed by atoms with Gasteiger partial charge in [0.25, 0.3) is 0 Å². The Kier molecular flexibility index (Phi) is 8.37. The van der Waals surface area contributed by atoms with Gasteiger partial charge in [-0.1, -0.05) is 100 Å². The molecule has 3 amide bonds. The van der Waals surface area contributed by atoms with Gasteiger partial charge in [0.2, 0.25) is 17.7 Å². The van der Waals surface area contributed by atoms with Crippen LogP contribution in [0.2, 0.25) is 5.02 Å². The van der Waals surface area contributed by atoms with E-state index in [0.717, 1.165) is 11.1 Å². The minimum atomic E-state index is -0.908. The first-order valence-corrected chi connectivity index (χ1v) is 16.2. The maximum Gasteiger partial charge on any atom is 0.248 e. The van der Waals surface area contributed by atoms with Crippen LogP contribution < -0.4 is 10.6 Å². The number of hydrogen-bond donors (Lipinski definition) is 3. The Balaban J connectivity index is 1.36. The Labute approximate surface area is 262 Å². The Bertz CT molecular complexity index is 1480. The van der Waals surface area contributed by atoms with Crippen molar-refractivity contribution in [2.24, 2.45) is 11.8 Å². The fourth-order valence-electron chi connectivity index (χ4n) is 6.86. The molecule has 1 spiro atoms. The third kappa shape index (κ3) is 5.14. The number of para-hydroxylation sites is 1. The molecule has 3 aromatic rings. The summed E-state index contributed by atoms with van der Waals surface area (Å²) in [4.78, 5) is 44.0. The van der Waals surface area contributed by atoms with Gasteiger partial charge >= 0.3 is 0 Å². The van der Waals surface area contributed by atoms with Gasteiger partial charge < -0.3 is 20.6 Å². The number of alkyl halides is 1. The van der Waals surface area contributed by atoms with Crippen molar-refractivity contribution in [2.75, 3.05) is 11.9 Å². The van der Waals surface area contributed by atoms with E-state index in [0.29, 0.717) is 30.1 Å². The molecule has 0 radical (unpaired) electrons. The number of benzene rings is 3. The third-order valence-electron chi connectivity index (χ3n) is 8.64. The lowest BCUT2D eigenvalue weighted by Gasteiger charge is -2.37. The van der Waals surface area contributed by atoms with Crippen molar-refractivity contribution in [3.63, 3.8) is 0 Å². The molecule has 3 N–H and O–H groups in total. The molecule has 0 aromatic heterocycles. The molecule has 0 saturated carbocycles. The van der Waals surface area contributed by atoms with Gasteiger partial charge in [-0.3, -0.25) is 14.4 Å². The average Bonchev–Trinajstić information content (AvgIpc) is 3.60. The summed E-state index contributed by atoms with van der Waals surface area (Å²) in [6.07, 6.45) is 0.917. The van der Waals surface area contributed by atoms with E-state index in [2.05, 4.69) is 26.6 Å². The second-order valence-corrected chi connectivity index (χ2v) is 14.2. The summed E-state index contributed by atoms with van der Waals surface area (Å²) in [5, 5.41) is 16.9. The lowest BCUT2D eigenvalue weighted by atomic mass is 9.70. The summed E-state index contributed by atoms with van der Waals surface area (Å²) in [7, 11) is 0. The molecular weight excluding hydrogens is 638 g/mol. The van der Waals surface area contributed by atoms with Crippen LogP contribution >= 0.6 is 39.3 Å². The number of carbonyl (C=O) groups is 3. The monoisotopic (exact) mass is 667 g/mol. The number of fused-ring (bicyclic) bond motifs is 1. The van der Waals surface area contributed by atoms with Crippen LogP contribution in [0.15, 0.2) is 84.9 Å². The topological polar surface area (TPSA) is 98.7 Å². The van der Waals surface area contributed by atoms with Crippen molar-refractivity contribution >= 4 is 62.7 Å². The average molecular weight is 669 g/mol. The molecule has 3 heterocycles. The predicted molar refractivity (Wildman–Crippen MR) is 168 cm³/mol. The highest BCUT2D eigenvalue weighted by Gasteiger charge is 2.76. The van der Waals surface area contributed by atoms with E-state index in [4.69, 9.17) is 11.6 Å². The van der Waals surface area contributed by atoms with Crippen LogP contribution in [0.4, 0.5) is 5.69 Å². The molecule has 0 aliphatic carbocycles. The normalized spacial score (nSPS) is 28.4. The van der Waals surface area contributed by atoms with Crippen LogP contribution in [0.25, 0.3) is 0 Å². The number of amides is 3. The summed E-state index contributed by atoms with van der Waals surface area (Å²) < 4.78 is -0.847. The third-order valence-corrected chi connectivity index (χ3v) is 12.2. The number of hydrogen-bond acceptors (Lipinski definition) is 5. The van der Waals surface area contributed by atoms with Crippen LogP contribution in [0.1, 0.15) is 17.5 Å². The van der Waals surface area contributed by atoms with E-state index < -0.39 is 28.7 Å². The summed E-state index contributed by atoms with van der Waals surface area (Å²) in [6, 6.07) is 24.7. The molecule has 3 aliphatic rings. The highest BCUT2D eigenvalue weighted by atomic mass is 79.9. The van der Waals surface area contributed by atoms with Crippen LogP contribution in [-0.4, -0.2) is 61.2 Å². The number of anilines is 1. The van der Waals surface area contributed by atoms with Gasteiger partial charge in [0.15, 0.2) is 0 Å². The minimum absolute atomic E-state index is 0.0590. The fourth-order valence-corrected chi connectivity index (χ4v) is 10.6. The van der Waals surface area contributed by atoms with Gasteiger partial charge in [-0.25, -0.2) is 0 Å². The largest absolute Gasteiger partial charge is 0.394 e. The highest BCUT2D eigenvalue weighted by Crippen LogP contribution is 2.68. The number of aliphatic hydroxyl groups excluding tert-OH is 1. The summed E-state index contributed by atoms with van der Waals surface area (Å²) in [5.41, 5.74) is 2.35. The van der Waals surface area contributed by atoms with Crippen LogP contribution in [0, 0.1) is 11.8 Å². The Morgan fingerprint density at radius 2 is 1.64 bits per heavy atom. The molecule has 3 fully saturated rings. The van der Waals surface area contributed by atoms with E-state index in [1.807, 2.05) is 60.7 Å². The van der Waals surface area contributed by atoms with Crippen molar-refractivity contribution in [3.05, 3.63) is 101 Å². The standard InChI is InChI=1S/C32H31BrClN3O4S/c33-22-16-32-26(25(27(22)42-32)29(39)35-17-20-11-5-2-6-12-20)31(41)37(21(18-38)15-19-9-3-1-4-10-19)28(32)30(40)36-24-14-8-7-13-23(24)34/h1-14,21-22,25-28,38H,15-18H2,(H,35,39)(H,36,40)/t21-,22?,25-,26+,27-,28?,32?/m1/s1. The minimum Gasteiger partial charge on any atom is -0.394 e. The van der Waals surface area contributed by atoms with E-state index >= 15 is 0 Å². The molecule has 3 aromatic carbocycles. The van der Waals surface area contributed by atoms with E-state index in [1.165, 1.54) is 0 Å². The zero-order valence-electron chi connectivity index (χ0n) is 22.7. The molecule has 2 bridgehead atoms. The first-order valence-electron chi connectivity index (χ1n) is 14.0. The fraction of sp³-hybridized carbons (Fsp3) is 0.344. The molecule has 42 heavy (non-hydrogen) atoms. The quantitative estimate of drug-likeness (QED) is 0.288. The molecule has 3 saturated heterocycles. The van der Waals surface area contributed by atoms with E-state index in [-0.39, 0.29) is 34.4 Å². The van der Waals surface area contributed by atoms with E-state index in [1.54, 1.807) is 40.9 Å². The van der Waals surface area contributed by atoms with Crippen molar-refractivity contribution in [1.82, 2.24) is 10.2 Å². The molecule has 7 nitrogen and oxygen atoms in total. The van der Waals surface area contributed by atoms with Crippen molar-refractivity contribution in [3.8, 4) is 0 Å². The Hall–Kier alpha value is -2.85. The van der Waals surface area contributed by atoms with Gasteiger partial charge in [0.1, 0.15) is 6.04 Å². The lowest BCUT2D eigenvalue weighted by molar-refractivity contribution is -0.142. The van der Waals surface area contributed by atoms with E-state index in [9.17, 15) is 19.5 Å². The molecule has 6 rings (SSSR count). The maximum atomic E-state index is 14.5. The second-order valence-electron chi connectivity index (χ2n) is 11.1. The zero-order valence-corrected chi connectivity index (χ0v) is 25.8. The molecule has 3 unspecified atom stereocenters. The molecular formula is C32H31BrClN3O4S. The first kappa shape index (κ1) is 29.2. The smallest absolute Gasteiger partial charge is 0.248 e. The lowest BCUT2D eigenvalue weighted by Crippen LogP contribution is -2.55. The second kappa shape index (κ2) is 12.0. The number of rotatable bonds is 9. The van der Waals surface area contributed by atoms with Gasteiger partial charge in [0, 0.05) is 16.6 Å². The van der Waals surface area contributed by atoms with Crippen molar-refractivity contribution < 1.29 is 19.5 Å². The maximum absolute atomic E-state index is 14.5. The van der Waals surface area contributed by atoms with Gasteiger partial charge in [0.05, 0.1) is 39.9 Å². The van der Waals surface area contributed by atoms with Crippen LogP contribution in [-0.2, 0) is 27.3 Å². The van der Waals surface area contributed by atoms with Gasteiger partial charge in [-0.15, -0.1) is 11.8 Å². The highest BCUT2D eigenvalue weighted by molar-refractivity contribution is 9.09. The van der Waals surface area contributed by atoms with Crippen LogP contribution in [0.3, 0.4) is 0 Å². The Morgan fingerprint density at radius 1 is 1.00 bits per heavy atom. The number of halogens is 2. The van der Waals surface area contributed by atoms with Crippen LogP contribution in [0.5, 0.6) is 0 Å².